The summed E-state index contributed by atoms with van der Waals surface area (Å²) in [5, 5.41) is 0. The van der Waals surface area contributed by atoms with Crippen LogP contribution in [0.25, 0.3) is 0 Å². The Morgan fingerprint density at radius 1 is 1.30 bits per heavy atom. The van der Waals surface area contributed by atoms with Gasteiger partial charge < -0.3 is 0 Å². The van der Waals surface area contributed by atoms with E-state index in [0.717, 1.165) is 6.42 Å². The summed E-state index contributed by atoms with van der Waals surface area (Å²) in [7, 11) is 0. The highest BCUT2D eigenvalue weighted by Gasteiger charge is 1.82. The van der Waals surface area contributed by atoms with Crippen LogP contribution in [0.4, 0.5) is 0 Å². The number of allylic oxidation sites excluding steroid dienone is 2. The maximum Gasteiger partial charge on any atom is -0.0162 e. The number of unbranched alkanes of at least 4 members (excludes halogenated alkanes) is 4. The largest absolute Gasteiger partial charge is 0.115 e. The van der Waals surface area contributed by atoms with E-state index >= 15 is 0 Å². The topological polar surface area (TPSA) is 0 Å². The molecule has 0 heterocycles. The van der Waals surface area contributed by atoms with Crippen molar-refractivity contribution in [2.24, 2.45) is 0 Å². The molecule has 0 nitrogen and oxygen atoms in total. The number of rotatable bonds is 5. The maximum absolute atomic E-state index is 5.03. The van der Waals surface area contributed by atoms with E-state index in [1.807, 2.05) is 0 Å². The molecular formula is C10H16. The Morgan fingerprint density at radius 3 is 2.70 bits per heavy atom. The molecule has 0 bridgehead atoms. The quantitative estimate of drug-likeness (QED) is 0.402. The minimum Gasteiger partial charge on any atom is -0.115 e. The second-order valence-electron chi connectivity index (χ2n) is 2.42. The highest BCUT2D eigenvalue weighted by molar-refractivity contribution is 5.08. The van der Waals surface area contributed by atoms with Crippen LogP contribution in [0.15, 0.2) is 12.2 Å². The fourth-order valence-electron chi connectivity index (χ4n) is 0.840. The van der Waals surface area contributed by atoms with Gasteiger partial charge in [0.15, 0.2) is 0 Å². The zero-order valence-electron chi connectivity index (χ0n) is 6.77. The molecule has 0 radical (unpaired) electrons. The molecule has 0 saturated heterocycles. The lowest BCUT2D eigenvalue weighted by molar-refractivity contribution is 0.674. The van der Waals surface area contributed by atoms with Crippen molar-refractivity contribution in [3.05, 3.63) is 12.2 Å². The van der Waals surface area contributed by atoms with Crippen LogP contribution in [0.1, 0.15) is 39.0 Å². The van der Waals surface area contributed by atoms with Crippen LogP contribution in [0.5, 0.6) is 0 Å². The van der Waals surface area contributed by atoms with Crippen LogP contribution in [0.2, 0.25) is 0 Å². The smallest absolute Gasteiger partial charge is 0.0162 e. The molecule has 0 heteroatoms. The van der Waals surface area contributed by atoms with E-state index in [0.29, 0.717) is 0 Å². The molecule has 56 valence electrons. The lowest BCUT2D eigenvalue weighted by Gasteiger charge is -1.92. The lowest BCUT2D eigenvalue weighted by Crippen LogP contribution is -1.72. The molecular weight excluding hydrogens is 120 g/mol. The molecule has 0 unspecified atom stereocenters. The first-order chi connectivity index (χ1) is 4.91. The van der Waals surface area contributed by atoms with Gasteiger partial charge in [0.05, 0.1) is 0 Å². The summed E-state index contributed by atoms with van der Waals surface area (Å²) in [6, 6.07) is 0. The van der Waals surface area contributed by atoms with Crippen molar-refractivity contribution in [1.82, 2.24) is 0 Å². The molecule has 0 aliphatic carbocycles. The fraction of sp³-hybridized carbons (Fsp3) is 0.600. The summed E-state index contributed by atoms with van der Waals surface area (Å²) >= 11 is 0. The summed E-state index contributed by atoms with van der Waals surface area (Å²) in [5.74, 6) is 2.48. The maximum atomic E-state index is 5.03. The number of hydrogen-bond donors (Lipinski definition) is 0. The van der Waals surface area contributed by atoms with E-state index in [4.69, 9.17) is 6.42 Å². The zero-order valence-corrected chi connectivity index (χ0v) is 6.77. The fourth-order valence-corrected chi connectivity index (χ4v) is 0.840. The third kappa shape index (κ3) is 7.30. The van der Waals surface area contributed by atoms with E-state index in [2.05, 4.69) is 18.9 Å². The van der Waals surface area contributed by atoms with Crippen LogP contribution < -0.4 is 0 Å². The van der Waals surface area contributed by atoms with Crippen molar-refractivity contribution < 1.29 is 0 Å². The second-order valence-corrected chi connectivity index (χ2v) is 2.42. The van der Waals surface area contributed by atoms with Gasteiger partial charge in [0, 0.05) is 0 Å². The van der Waals surface area contributed by atoms with Crippen molar-refractivity contribution in [3.63, 3.8) is 0 Å². The Bertz CT molecular complexity index is 114. The predicted octanol–water partition coefficient (Wildman–Crippen LogP) is 3.15. The normalized spacial score (nSPS) is 10.0. The summed E-state index contributed by atoms with van der Waals surface area (Å²) < 4.78 is 0. The molecule has 0 aromatic carbocycles. The lowest BCUT2D eigenvalue weighted by atomic mass is 10.1. The Morgan fingerprint density at radius 2 is 2.10 bits per heavy atom. The highest BCUT2D eigenvalue weighted by Crippen LogP contribution is 2.02. The predicted molar refractivity (Wildman–Crippen MR) is 46.7 cm³/mol. The molecule has 0 spiro atoms. The third-order valence-corrected chi connectivity index (χ3v) is 1.44. The molecule has 0 fully saturated rings. The Labute approximate surface area is 64.3 Å². The van der Waals surface area contributed by atoms with Crippen molar-refractivity contribution in [3.8, 4) is 12.3 Å². The van der Waals surface area contributed by atoms with Crippen molar-refractivity contribution in [2.45, 2.75) is 39.0 Å². The van der Waals surface area contributed by atoms with Gasteiger partial charge in [-0.25, -0.2) is 0 Å². The molecule has 0 rings (SSSR count). The van der Waals surface area contributed by atoms with Gasteiger partial charge >= 0.3 is 0 Å². The van der Waals surface area contributed by atoms with Crippen LogP contribution in [0.3, 0.4) is 0 Å². The van der Waals surface area contributed by atoms with Gasteiger partial charge in [-0.15, -0.1) is 6.42 Å². The molecule has 0 atom stereocenters. The van der Waals surface area contributed by atoms with Crippen LogP contribution >= 0.6 is 0 Å². The van der Waals surface area contributed by atoms with Gasteiger partial charge in [-0.05, 0) is 18.9 Å². The van der Waals surface area contributed by atoms with Gasteiger partial charge in [0.1, 0.15) is 0 Å². The van der Waals surface area contributed by atoms with Crippen LogP contribution in [-0.4, -0.2) is 0 Å². The zero-order chi connectivity index (χ0) is 7.66. The van der Waals surface area contributed by atoms with Crippen molar-refractivity contribution >= 4 is 0 Å². The molecule has 0 aromatic heterocycles. The first-order valence-electron chi connectivity index (χ1n) is 4.03. The number of hydrogen-bond acceptors (Lipinski definition) is 0. The Kier molecular flexibility index (Phi) is 7.72. The van der Waals surface area contributed by atoms with Gasteiger partial charge in [-0.3, -0.25) is 0 Å². The molecule has 0 aromatic rings. The monoisotopic (exact) mass is 136 g/mol. The van der Waals surface area contributed by atoms with Crippen molar-refractivity contribution in [1.29, 1.82) is 0 Å². The second kappa shape index (κ2) is 8.30. The minimum atomic E-state index is 1.14. The van der Waals surface area contributed by atoms with E-state index in [1.165, 1.54) is 25.7 Å². The average Bonchev–Trinajstić information content (AvgIpc) is 1.97. The standard InChI is InChI=1S/C10H16/c1-3-5-7-9-10-8-6-4-2/h1,5,7H,4,6,8-10H2,2H3/b7-5+. The average molecular weight is 136 g/mol. The van der Waals surface area contributed by atoms with Gasteiger partial charge in [-0.2, -0.15) is 0 Å². The van der Waals surface area contributed by atoms with Crippen molar-refractivity contribution in [2.75, 3.05) is 0 Å². The van der Waals surface area contributed by atoms with Gasteiger partial charge in [0.25, 0.3) is 0 Å². The van der Waals surface area contributed by atoms with E-state index in [9.17, 15) is 0 Å². The minimum absolute atomic E-state index is 1.14. The van der Waals surface area contributed by atoms with Crippen LogP contribution in [-0.2, 0) is 0 Å². The molecule has 0 amide bonds. The first kappa shape index (κ1) is 9.30. The Balaban J connectivity index is 2.92. The summed E-state index contributed by atoms with van der Waals surface area (Å²) in [5.41, 5.74) is 0. The number of terminal acetylenes is 1. The van der Waals surface area contributed by atoms with Crippen LogP contribution in [0, 0.1) is 12.3 Å². The van der Waals surface area contributed by atoms with E-state index in [1.54, 1.807) is 6.08 Å². The SMILES string of the molecule is C#C/C=C/CCCCCC. The van der Waals surface area contributed by atoms with E-state index in [-0.39, 0.29) is 0 Å². The molecule has 0 saturated carbocycles. The third-order valence-electron chi connectivity index (χ3n) is 1.44. The van der Waals surface area contributed by atoms with Gasteiger partial charge in [-0.1, -0.05) is 38.2 Å². The summed E-state index contributed by atoms with van der Waals surface area (Å²) in [6.07, 6.45) is 15.3. The molecule has 0 aliphatic rings. The molecule has 0 aliphatic heterocycles. The summed E-state index contributed by atoms with van der Waals surface area (Å²) in [6.45, 7) is 2.22. The highest BCUT2D eigenvalue weighted by atomic mass is 13.9. The van der Waals surface area contributed by atoms with E-state index < -0.39 is 0 Å². The summed E-state index contributed by atoms with van der Waals surface area (Å²) in [4.78, 5) is 0. The first-order valence-corrected chi connectivity index (χ1v) is 4.03. The van der Waals surface area contributed by atoms with Gasteiger partial charge in [0.2, 0.25) is 0 Å². The molecule has 10 heavy (non-hydrogen) atoms. The molecule has 0 N–H and O–H groups in total. The Hall–Kier alpha value is -0.700.